The van der Waals surface area contributed by atoms with E-state index in [2.05, 4.69) is 12.2 Å². The molecular formula is C16H21FN2O2. The van der Waals surface area contributed by atoms with Crippen molar-refractivity contribution in [3.05, 3.63) is 35.6 Å². The molecule has 1 N–H and O–H groups in total. The first-order valence-corrected chi connectivity index (χ1v) is 7.34. The molecule has 0 aromatic heterocycles. The minimum atomic E-state index is -0.399. The Morgan fingerprint density at radius 3 is 2.62 bits per heavy atom. The summed E-state index contributed by atoms with van der Waals surface area (Å²) >= 11 is 0. The van der Waals surface area contributed by atoms with Gasteiger partial charge in [0.05, 0.1) is 13.0 Å². The monoisotopic (exact) mass is 292 g/mol. The van der Waals surface area contributed by atoms with Crippen LogP contribution >= 0.6 is 0 Å². The third-order valence-corrected chi connectivity index (χ3v) is 3.88. The van der Waals surface area contributed by atoms with Gasteiger partial charge in [-0.1, -0.05) is 25.1 Å². The molecule has 0 radical (unpaired) electrons. The predicted molar refractivity (Wildman–Crippen MR) is 78.1 cm³/mol. The molecule has 114 valence electrons. The summed E-state index contributed by atoms with van der Waals surface area (Å²) in [5.74, 6) is -0.142. The fourth-order valence-electron chi connectivity index (χ4n) is 2.42. The maximum absolute atomic E-state index is 13.4. The number of likely N-dealkylation sites (tertiary alicyclic amines) is 1. The molecular weight excluding hydrogens is 271 g/mol. The third-order valence-electron chi connectivity index (χ3n) is 3.88. The third kappa shape index (κ3) is 4.55. The molecule has 0 unspecified atom stereocenters. The second-order valence-corrected chi connectivity index (χ2v) is 5.61. The lowest BCUT2D eigenvalue weighted by Gasteiger charge is -2.30. The Kier molecular flexibility index (Phi) is 5.31. The van der Waals surface area contributed by atoms with Gasteiger partial charge in [0, 0.05) is 13.1 Å². The topological polar surface area (TPSA) is 49.4 Å². The van der Waals surface area contributed by atoms with E-state index in [1.165, 1.54) is 6.07 Å². The quantitative estimate of drug-likeness (QED) is 0.919. The number of halogens is 1. The first kappa shape index (κ1) is 15.5. The van der Waals surface area contributed by atoms with Crippen molar-refractivity contribution >= 4 is 11.8 Å². The highest BCUT2D eigenvalue weighted by Crippen LogP contribution is 2.15. The Morgan fingerprint density at radius 1 is 1.29 bits per heavy atom. The molecule has 21 heavy (non-hydrogen) atoms. The maximum Gasteiger partial charge on any atom is 0.241 e. The van der Waals surface area contributed by atoms with Gasteiger partial charge in [-0.3, -0.25) is 9.59 Å². The first-order valence-electron chi connectivity index (χ1n) is 7.34. The van der Waals surface area contributed by atoms with Crippen LogP contribution in [-0.2, 0) is 16.0 Å². The van der Waals surface area contributed by atoms with E-state index in [0.717, 1.165) is 25.9 Å². The number of piperidine rings is 1. The number of rotatable bonds is 4. The Balaban J connectivity index is 1.76. The molecule has 5 heteroatoms. The summed E-state index contributed by atoms with van der Waals surface area (Å²) in [6.45, 7) is 3.67. The van der Waals surface area contributed by atoms with Crippen molar-refractivity contribution in [2.75, 3.05) is 19.6 Å². The van der Waals surface area contributed by atoms with Crippen LogP contribution in [0.2, 0.25) is 0 Å². The summed E-state index contributed by atoms with van der Waals surface area (Å²) in [6, 6.07) is 6.16. The summed E-state index contributed by atoms with van der Waals surface area (Å²) < 4.78 is 13.4. The van der Waals surface area contributed by atoms with Crippen molar-refractivity contribution in [3.8, 4) is 0 Å². The Hall–Kier alpha value is -1.91. The minimum Gasteiger partial charge on any atom is -0.347 e. The Morgan fingerprint density at radius 2 is 1.95 bits per heavy atom. The first-order chi connectivity index (χ1) is 10.1. The van der Waals surface area contributed by atoms with Crippen LogP contribution in [0.3, 0.4) is 0 Å². The van der Waals surface area contributed by atoms with Gasteiger partial charge in [0.15, 0.2) is 0 Å². The molecule has 2 rings (SSSR count). The molecule has 0 bridgehead atoms. The number of hydrogen-bond donors (Lipinski definition) is 1. The van der Waals surface area contributed by atoms with E-state index in [1.54, 1.807) is 23.1 Å². The minimum absolute atomic E-state index is 0.0122. The molecule has 0 aliphatic carbocycles. The summed E-state index contributed by atoms with van der Waals surface area (Å²) in [4.78, 5) is 25.5. The fourth-order valence-corrected chi connectivity index (χ4v) is 2.42. The average Bonchev–Trinajstić information content (AvgIpc) is 2.48. The van der Waals surface area contributed by atoms with Crippen LogP contribution < -0.4 is 5.32 Å². The van der Waals surface area contributed by atoms with Gasteiger partial charge in [-0.25, -0.2) is 4.39 Å². The molecule has 1 aliphatic rings. The van der Waals surface area contributed by atoms with Crippen molar-refractivity contribution in [1.29, 1.82) is 0 Å². The molecule has 0 saturated carbocycles. The summed E-state index contributed by atoms with van der Waals surface area (Å²) in [7, 11) is 0. The highest BCUT2D eigenvalue weighted by molar-refractivity contribution is 5.85. The molecule has 0 spiro atoms. The molecule has 1 saturated heterocycles. The van der Waals surface area contributed by atoms with Crippen LogP contribution in [0.4, 0.5) is 4.39 Å². The second-order valence-electron chi connectivity index (χ2n) is 5.61. The van der Waals surface area contributed by atoms with E-state index < -0.39 is 5.82 Å². The van der Waals surface area contributed by atoms with Crippen molar-refractivity contribution in [2.24, 2.45) is 5.92 Å². The van der Waals surface area contributed by atoms with Gasteiger partial charge in [0.2, 0.25) is 11.8 Å². The number of nitrogens with one attached hydrogen (secondary N) is 1. The van der Waals surface area contributed by atoms with E-state index >= 15 is 0 Å². The van der Waals surface area contributed by atoms with Crippen LogP contribution in [0, 0.1) is 11.7 Å². The summed E-state index contributed by atoms with van der Waals surface area (Å²) in [5.41, 5.74) is 0.342. The Bertz CT molecular complexity index is 511. The molecule has 1 heterocycles. The predicted octanol–water partition coefficient (Wildman–Crippen LogP) is 1.74. The lowest BCUT2D eigenvalue weighted by molar-refractivity contribution is -0.133. The van der Waals surface area contributed by atoms with E-state index in [9.17, 15) is 14.0 Å². The van der Waals surface area contributed by atoms with Crippen molar-refractivity contribution in [3.63, 3.8) is 0 Å². The van der Waals surface area contributed by atoms with Crippen LogP contribution in [0.1, 0.15) is 25.3 Å². The summed E-state index contributed by atoms with van der Waals surface area (Å²) in [6.07, 6.45) is 1.97. The van der Waals surface area contributed by atoms with Crippen LogP contribution in [0.15, 0.2) is 24.3 Å². The Labute approximate surface area is 124 Å². The van der Waals surface area contributed by atoms with Crippen molar-refractivity contribution < 1.29 is 14.0 Å². The molecule has 1 aliphatic heterocycles. The van der Waals surface area contributed by atoms with E-state index in [1.807, 2.05) is 0 Å². The highest BCUT2D eigenvalue weighted by Gasteiger charge is 2.20. The van der Waals surface area contributed by atoms with Gasteiger partial charge in [-0.15, -0.1) is 0 Å². The van der Waals surface area contributed by atoms with Crippen molar-refractivity contribution in [1.82, 2.24) is 10.2 Å². The van der Waals surface area contributed by atoms with Crippen LogP contribution in [-0.4, -0.2) is 36.3 Å². The lowest BCUT2D eigenvalue weighted by Crippen LogP contribution is -2.44. The number of amides is 2. The summed E-state index contributed by atoms with van der Waals surface area (Å²) in [5, 5.41) is 2.57. The molecule has 1 aromatic carbocycles. The fraction of sp³-hybridized carbons (Fsp3) is 0.500. The molecule has 1 fully saturated rings. The van der Waals surface area contributed by atoms with E-state index in [0.29, 0.717) is 11.5 Å². The number of carbonyl (C=O) groups excluding carboxylic acids is 2. The number of hydrogen-bond acceptors (Lipinski definition) is 2. The van der Waals surface area contributed by atoms with Crippen molar-refractivity contribution in [2.45, 2.75) is 26.2 Å². The standard InChI is InChI=1S/C16H21FN2O2/c1-12-6-8-19(9-7-12)16(21)11-18-15(20)10-13-4-2-3-5-14(13)17/h2-5,12H,6-11H2,1H3,(H,18,20). The van der Waals surface area contributed by atoms with Gasteiger partial charge in [-0.05, 0) is 30.4 Å². The van der Waals surface area contributed by atoms with Crippen LogP contribution in [0.25, 0.3) is 0 Å². The van der Waals surface area contributed by atoms with Gasteiger partial charge < -0.3 is 10.2 Å². The van der Waals surface area contributed by atoms with Gasteiger partial charge in [0.25, 0.3) is 0 Å². The SMILES string of the molecule is CC1CCN(C(=O)CNC(=O)Cc2ccccc2F)CC1. The molecule has 2 amide bonds. The zero-order valence-electron chi connectivity index (χ0n) is 12.3. The number of carbonyl (C=O) groups is 2. The molecule has 4 nitrogen and oxygen atoms in total. The average molecular weight is 292 g/mol. The van der Waals surface area contributed by atoms with E-state index in [4.69, 9.17) is 0 Å². The molecule has 0 atom stereocenters. The number of nitrogens with zero attached hydrogens (tertiary/aromatic N) is 1. The second kappa shape index (κ2) is 7.20. The zero-order valence-corrected chi connectivity index (χ0v) is 12.3. The maximum atomic E-state index is 13.4. The zero-order chi connectivity index (χ0) is 15.2. The van der Waals surface area contributed by atoms with E-state index in [-0.39, 0.29) is 24.8 Å². The van der Waals surface area contributed by atoms with Gasteiger partial charge in [-0.2, -0.15) is 0 Å². The van der Waals surface area contributed by atoms with Crippen LogP contribution in [0.5, 0.6) is 0 Å². The van der Waals surface area contributed by atoms with Gasteiger partial charge >= 0.3 is 0 Å². The molecule has 1 aromatic rings. The highest BCUT2D eigenvalue weighted by atomic mass is 19.1. The van der Waals surface area contributed by atoms with Gasteiger partial charge in [0.1, 0.15) is 5.82 Å². The number of benzene rings is 1. The lowest BCUT2D eigenvalue weighted by atomic mass is 9.99. The smallest absolute Gasteiger partial charge is 0.241 e. The normalized spacial score (nSPS) is 15.8. The largest absolute Gasteiger partial charge is 0.347 e.